The van der Waals surface area contributed by atoms with Gasteiger partial charge < -0.3 is 0 Å². The van der Waals surface area contributed by atoms with E-state index in [2.05, 4.69) is 27.7 Å². The van der Waals surface area contributed by atoms with E-state index in [1.807, 2.05) is 0 Å². The lowest BCUT2D eigenvalue weighted by Crippen LogP contribution is -2.23. The Bertz CT molecular complexity index is 146. The molecule has 1 unspecified atom stereocenters. The third-order valence-corrected chi connectivity index (χ3v) is 2.64. The second-order valence-electron chi connectivity index (χ2n) is 4.35. The fourth-order valence-corrected chi connectivity index (χ4v) is 1.50. The molecule has 0 saturated heterocycles. The summed E-state index contributed by atoms with van der Waals surface area (Å²) in [4.78, 5) is 11.1. The number of Topliss-reactive ketones (excluding diaryl/α,β-unsaturated/α-hetero) is 1. The summed E-state index contributed by atoms with van der Waals surface area (Å²) >= 11 is 5.45. The van der Waals surface area contributed by atoms with Crippen LogP contribution in [0, 0.1) is 11.3 Å². The normalized spacial score (nSPS) is 14.4. The minimum absolute atomic E-state index is 0.159. The summed E-state index contributed by atoms with van der Waals surface area (Å²) < 4.78 is 0. The molecule has 1 nitrogen and oxygen atoms in total. The zero-order chi connectivity index (χ0) is 9.78. The summed E-state index contributed by atoms with van der Waals surface area (Å²) in [5.41, 5.74) is 0.219. The van der Waals surface area contributed by atoms with E-state index in [0.29, 0.717) is 12.3 Å². The van der Waals surface area contributed by atoms with Crippen LogP contribution in [0.15, 0.2) is 0 Å². The van der Waals surface area contributed by atoms with Crippen LogP contribution in [0.2, 0.25) is 0 Å². The van der Waals surface area contributed by atoms with Gasteiger partial charge in [-0.25, -0.2) is 0 Å². The molecule has 0 spiro atoms. The number of alkyl halides is 1. The third kappa shape index (κ3) is 4.10. The minimum atomic E-state index is 0.159. The molecule has 0 aromatic rings. The van der Waals surface area contributed by atoms with E-state index in [-0.39, 0.29) is 17.1 Å². The van der Waals surface area contributed by atoms with E-state index in [9.17, 15) is 4.79 Å². The Labute approximate surface area is 80.5 Å². The number of rotatable bonds is 4. The number of hydrogen-bond acceptors (Lipinski definition) is 1. The molecule has 2 heteroatoms. The van der Waals surface area contributed by atoms with Crippen molar-refractivity contribution in [2.24, 2.45) is 11.3 Å². The fraction of sp³-hybridized carbons (Fsp3) is 0.900. The molecule has 1 atom stereocenters. The Kier molecular flexibility index (Phi) is 4.84. The van der Waals surface area contributed by atoms with Gasteiger partial charge in [0, 0.05) is 6.42 Å². The van der Waals surface area contributed by atoms with Crippen molar-refractivity contribution in [1.29, 1.82) is 0 Å². The molecule has 0 aromatic heterocycles. The number of hydrogen-bond donors (Lipinski definition) is 0. The fourth-order valence-electron chi connectivity index (χ4n) is 1.39. The van der Waals surface area contributed by atoms with E-state index in [1.54, 1.807) is 0 Å². The zero-order valence-electron chi connectivity index (χ0n) is 8.48. The molecule has 12 heavy (non-hydrogen) atoms. The summed E-state index contributed by atoms with van der Waals surface area (Å²) in [6.45, 7) is 8.63. The van der Waals surface area contributed by atoms with Gasteiger partial charge in [-0.15, -0.1) is 11.6 Å². The lowest BCUT2D eigenvalue weighted by molar-refractivity contribution is -0.118. The highest BCUT2D eigenvalue weighted by Gasteiger charge is 2.24. The summed E-state index contributed by atoms with van der Waals surface area (Å²) in [7, 11) is 0. The van der Waals surface area contributed by atoms with Crippen LogP contribution in [0.4, 0.5) is 0 Å². The summed E-state index contributed by atoms with van der Waals surface area (Å²) in [5, 5.41) is 0. The first kappa shape index (κ1) is 12.0. The van der Waals surface area contributed by atoms with Gasteiger partial charge in [0.05, 0.1) is 5.88 Å². The van der Waals surface area contributed by atoms with Gasteiger partial charge in [0.25, 0.3) is 0 Å². The van der Waals surface area contributed by atoms with Crippen LogP contribution in [-0.2, 0) is 4.79 Å². The van der Waals surface area contributed by atoms with Crippen LogP contribution in [-0.4, -0.2) is 11.7 Å². The number of halogens is 1. The van der Waals surface area contributed by atoms with Gasteiger partial charge in [-0.2, -0.15) is 0 Å². The lowest BCUT2D eigenvalue weighted by atomic mass is 9.76. The number of ketones is 1. The Hall–Kier alpha value is -0.0400. The first-order valence-electron chi connectivity index (χ1n) is 4.49. The maximum atomic E-state index is 11.1. The van der Waals surface area contributed by atoms with Crippen molar-refractivity contribution in [3.05, 3.63) is 0 Å². The van der Waals surface area contributed by atoms with E-state index < -0.39 is 0 Å². The summed E-state index contributed by atoms with van der Waals surface area (Å²) in [6, 6.07) is 0. The van der Waals surface area contributed by atoms with Crippen molar-refractivity contribution in [2.75, 3.05) is 5.88 Å². The van der Waals surface area contributed by atoms with Crippen LogP contribution in [0.25, 0.3) is 0 Å². The first-order valence-corrected chi connectivity index (χ1v) is 5.03. The Morgan fingerprint density at radius 1 is 1.42 bits per heavy atom. The van der Waals surface area contributed by atoms with Gasteiger partial charge in [-0.05, 0) is 11.3 Å². The maximum absolute atomic E-state index is 11.1. The topological polar surface area (TPSA) is 17.1 Å². The van der Waals surface area contributed by atoms with Crippen molar-refractivity contribution in [3.63, 3.8) is 0 Å². The van der Waals surface area contributed by atoms with Gasteiger partial charge in [0.2, 0.25) is 0 Å². The van der Waals surface area contributed by atoms with Gasteiger partial charge in [-0.3, -0.25) is 4.79 Å². The summed E-state index contributed by atoms with van der Waals surface area (Å²) in [5.74, 6) is 0.786. The molecule has 0 aromatic carbocycles. The standard InChI is InChI=1S/C10H19ClO/c1-5-8(10(2,3)4)6-9(12)7-11/h8H,5-7H2,1-4H3. The molecule has 0 fully saturated rings. The molecule has 0 aliphatic rings. The van der Waals surface area contributed by atoms with Crippen molar-refractivity contribution < 1.29 is 4.79 Å². The quantitative estimate of drug-likeness (QED) is 0.622. The number of carbonyl (C=O) groups is 1. The average Bonchev–Trinajstić information content (AvgIpc) is 1.97. The van der Waals surface area contributed by atoms with Crippen LogP contribution in [0.5, 0.6) is 0 Å². The van der Waals surface area contributed by atoms with Crippen LogP contribution >= 0.6 is 11.6 Å². The SMILES string of the molecule is CCC(CC(=O)CCl)C(C)(C)C. The molecule has 0 heterocycles. The van der Waals surface area contributed by atoms with E-state index in [4.69, 9.17) is 11.6 Å². The molecule has 0 amide bonds. The van der Waals surface area contributed by atoms with Gasteiger partial charge in [0.1, 0.15) is 5.78 Å². The zero-order valence-corrected chi connectivity index (χ0v) is 9.24. The second-order valence-corrected chi connectivity index (χ2v) is 4.61. The Morgan fingerprint density at radius 3 is 2.17 bits per heavy atom. The van der Waals surface area contributed by atoms with Crippen LogP contribution < -0.4 is 0 Å². The van der Waals surface area contributed by atoms with Crippen molar-refractivity contribution in [3.8, 4) is 0 Å². The largest absolute Gasteiger partial charge is 0.298 e. The summed E-state index contributed by atoms with van der Waals surface area (Å²) in [6.07, 6.45) is 1.68. The Morgan fingerprint density at radius 2 is 1.92 bits per heavy atom. The monoisotopic (exact) mass is 190 g/mol. The predicted molar refractivity (Wildman–Crippen MR) is 53.6 cm³/mol. The van der Waals surface area contributed by atoms with Gasteiger partial charge >= 0.3 is 0 Å². The number of carbonyl (C=O) groups excluding carboxylic acids is 1. The molecule has 0 bridgehead atoms. The van der Waals surface area contributed by atoms with Crippen LogP contribution in [0.3, 0.4) is 0 Å². The van der Waals surface area contributed by atoms with E-state index in [0.717, 1.165) is 6.42 Å². The third-order valence-electron chi connectivity index (χ3n) is 2.34. The average molecular weight is 191 g/mol. The molecule has 0 aliphatic heterocycles. The highest BCUT2D eigenvalue weighted by atomic mass is 35.5. The first-order chi connectivity index (χ1) is 5.41. The highest BCUT2D eigenvalue weighted by molar-refractivity contribution is 6.27. The molecule has 0 radical (unpaired) electrons. The molecule has 0 N–H and O–H groups in total. The second kappa shape index (κ2) is 4.86. The maximum Gasteiger partial charge on any atom is 0.147 e. The molecular weight excluding hydrogens is 172 g/mol. The van der Waals surface area contributed by atoms with Crippen molar-refractivity contribution in [1.82, 2.24) is 0 Å². The molecule has 0 rings (SSSR count). The van der Waals surface area contributed by atoms with E-state index in [1.165, 1.54) is 0 Å². The minimum Gasteiger partial charge on any atom is -0.298 e. The molecular formula is C10H19ClO. The Balaban J connectivity index is 4.09. The van der Waals surface area contributed by atoms with Crippen molar-refractivity contribution >= 4 is 17.4 Å². The molecule has 0 aliphatic carbocycles. The van der Waals surface area contributed by atoms with Crippen LogP contribution in [0.1, 0.15) is 40.5 Å². The van der Waals surface area contributed by atoms with Gasteiger partial charge in [0.15, 0.2) is 0 Å². The van der Waals surface area contributed by atoms with Crippen molar-refractivity contribution in [2.45, 2.75) is 40.5 Å². The predicted octanol–water partition coefficient (Wildman–Crippen LogP) is 3.26. The van der Waals surface area contributed by atoms with E-state index >= 15 is 0 Å². The molecule has 0 saturated carbocycles. The smallest absolute Gasteiger partial charge is 0.147 e. The highest BCUT2D eigenvalue weighted by Crippen LogP contribution is 2.31. The van der Waals surface area contributed by atoms with Gasteiger partial charge in [-0.1, -0.05) is 34.1 Å². The lowest BCUT2D eigenvalue weighted by Gasteiger charge is -2.29. The molecule has 72 valence electrons.